The van der Waals surface area contributed by atoms with E-state index in [0.717, 1.165) is 51.7 Å². The SMILES string of the molecule is CC(C)(C)[C@H](NC(=O)O[C@H]1CC2CC1C2)C(=O)N1CC(Oc2cc(OC3CC3)nc3c(Cl)c(OCCN4CCOCC4)ccc23)C[C@H]1C(N)=O. The highest BCUT2D eigenvalue weighted by Crippen LogP contribution is 2.50. The maximum atomic E-state index is 14.1. The van der Waals surface area contributed by atoms with Crippen molar-refractivity contribution in [1.29, 1.82) is 0 Å². The number of likely N-dealkylation sites (tertiary alicyclic amines) is 1. The van der Waals surface area contributed by atoms with Gasteiger partial charge in [0, 0.05) is 37.5 Å². The van der Waals surface area contributed by atoms with Crippen molar-refractivity contribution in [1.82, 2.24) is 20.1 Å². The fourth-order valence-corrected chi connectivity index (χ4v) is 7.81. The van der Waals surface area contributed by atoms with Crippen LogP contribution in [0.3, 0.4) is 0 Å². The van der Waals surface area contributed by atoms with Crippen molar-refractivity contribution in [2.75, 3.05) is 46.0 Å². The summed E-state index contributed by atoms with van der Waals surface area (Å²) >= 11 is 6.90. The lowest BCUT2D eigenvalue weighted by Crippen LogP contribution is -2.57. The Morgan fingerprint density at radius 3 is 2.48 bits per heavy atom. The van der Waals surface area contributed by atoms with Gasteiger partial charge >= 0.3 is 6.09 Å². The number of fused-ring (bicyclic) bond motifs is 2. The molecule has 8 rings (SSSR count). The average Bonchev–Trinajstić information content (AvgIpc) is 3.43. The molecule has 13 nitrogen and oxygen atoms in total. The van der Waals surface area contributed by atoms with Gasteiger partial charge in [0.05, 0.1) is 19.8 Å². The van der Waals surface area contributed by atoms with Crippen LogP contribution in [-0.2, 0) is 19.1 Å². The third-order valence-corrected chi connectivity index (χ3v) is 10.9. The number of carbonyl (C=O) groups is 3. The van der Waals surface area contributed by atoms with E-state index in [0.29, 0.717) is 65.0 Å². The van der Waals surface area contributed by atoms with Crippen molar-refractivity contribution in [3.8, 4) is 17.4 Å². The number of hydrogen-bond acceptors (Lipinski definition) is 10. The second kappa shape index (κ2) is 14.2. The molecule has 50 heavy (non-hydrogen) atoms. The minimum Gasteiger partial charge on any atom is -0.491 e. The Hall–Kier alpha value is -3.55. The van der Waals surface area contributed by atoms with Crippen LogP contribution in [0.2, 0.25) is 5.02 Å². The number of carbonyl (C=O) groups excluding carboxylic acids is 3. The number of nitrogens with one attached hydrogen (secondary N) is 1. The molecule has 272 valence electrons. The molecule has 2 aliphatic heterocycles. The molecule has 1 unspecified atom stereocenters. The molecule has 0 spiro atoms. The molecule has 6 fully saturated rings. The van der Waals surface area contributed by atoms with Gasteiger partial charge in [-0.05, 0) is 61.5 Å². The molecule has 3 amide bonds. The molecule has 6 aliphatic rings. The number of aromatic nitrogens is 1. The van der Waals surface area contributed by atoms with E-state index in [4.69, 9.17) is 46.0 Å². The Morgan fingerprint density at radius 1 is 1.06 bits per heavy atom. The van der Waals surface area contributed by atoms with Crippen LogP contribution in [0.25, 0.3) is 10.9 Å². The number of ether oxygens (including phenoxy) is 5. The number of primary amides is 1. The van der Waals surface area contributed by atoms with Crippen LogP contribution in [0.1, 0.15) is 59.3 Å². The average molecular weight is 714 g/mol. The van der Waals surface area contributed by atoms with E-state index in [1.165, 1.54) is 4.90 Å². The molecule has 4 aliphatic carbocycles. The standard InChI is InChI=1S/C36H48ClN5O8/c1-36(2,3)32(40-35(45)50-27-16-20-14-21(27)15-20)34(44)42-19-23(17-25(42)33(38)43)48-28-18-29(49-22-4-5-22)39-31-24(28)6-7-26(30(31)37)47-13-10-41-8-11-46-12-9-41/h6-7,18,20-23,25,27,32H,4-5,8-17,19H2,1-3H3,(H2,38,43)(H,40,45)/t20?,21?,23?,25-,27-,32+/m0/s1. The van der Waals surface area contributed by atoms with Crippen molar-refractivity contribution in [3.05, 3.63) is 23.2 Å². The smallest absolute Gasteiger partial charge is 0.408 e. The van der Waals surface area contributed by atoms with E-state index in [9.17, 15) is 14.4 Å². The highest BCUT2D eigenvalue weighted by Gasteiger charge is 2.48. The van der Waals surface area contributed by atoms with Crippen molar-refractivity contribution >= 4 is 40.4 Å². The van der Waals surface area contributed by atoms with E-state index in [-0.39, 0.29) is 25.2 Å². The first-order valence-corrected chi connectivity index (χ1v) is 18.3. The molecule has 2 bridgehead atoms. The lowest BCUT2D eigenvalue weighted by molar-refractivity contribution is -0.141. The van der Waals surface area contributed by atoms with E-state index in [1.807, 2.05) is 26.8 Å². The lowest BCUT2D eigenvalue weighted by atomic mass is 9.84. The highest BCUT2D eigenvalue weighted by molar-refractivity contribution is 6.36. The first kappa shape index (κ1) is 34.9. The molecule has 3 heterocycles. The third kappa shape index (κ3) is 7.69. The topological polar surface area (TPSA) is 155 Å². The molecule has 4 saturated carbocycles. The number of hydrogen-bond donors (Lipinski definition) is 2. The largest absolute Gasteiger partial charge is 0.491 e. The number of halogens is 1. The normalized spacial score (nSPS) is 27.0. The fourth-order valence-electron chi connectivity index (χ4n) is 7.55. The van der Waals surface area contributed by atoms with E-state index in [2.05, 4.69) is 10.2 Å². The molecular weight excluding hydrogens is 666 g/mol. The number of morpholine rings is 1. The molecular formula is C36H48ClN5O8. The summed E-state index contributed by atoms with van der Waals surface area (Å²) in [6.07, 6.45) is 3.85. The van der Waals surface area contributed by atoms with Crippen LogP contribution in [0.5, 0.6) is 17.4 Å². The van der Waals surface area contributed by atoms with Gasteiger partial charge in [-0.25, -0.2) is 9.78 Å². The van der Waals surface area contributed by atoms with Crippen molar-refractivity contribution in [2.24, 2.45) is 23.0 Å². The number of pyridine rings is 1. The number of amides is 3. The first-order chi connectivity index (χ1) is 23.9. The summed E-state index contributed by atoms with van der Waals surface area (Å²) in [6.45, 7) is 10.0. The number of nitrogens with two attached hydrogens (primary N) is 1. The van der Waals surface area contributed by atoms with Gasteiger partial charge in [0.25, 0.3) is 0 Å². The molecule has 2 aromatic rings. The van der Waals surface area contributed by atoms with Crippen LogP contribution >= 0.6 is 11.6 Å². The van der Waals surface area contributed by atoms with Gasteiger partial charge in [0.1, 0.15) is 59.0 Å². The molecule has 1 aromatic carbocycles. The molecule has 3 N–H and O–H groups in total. The fraction of sp³-hybridized carbons (Fsp3) is 0.667. The van der Waals surface area contributed by atoms with Gasteiger partial charge in [-0.15, -0.1) is 0 Å². The number of benzene rings is 1. The molecule has 0 radical (unpaired) electrons. The summed E-state index contributed by atoms with van der Waals surface area (Å²) in [7, 11) is 0. The van der Waals surface area contributed by atoms with Crippen LogP contribution in [0.4, 0.5) is 4.79 Å². The first-order valence-electron chi connectivity index (χ1n) is 17.9. The van der Waals surface area contributed by atoms with Crippen molar-refractivity contribution in [2.45, 2.75) is 89.7 Å². The summed E-state index contributed by atoms with van der Waals surface area (Å²) in [5, 5.41) is 3.80. The predicted molar refractivity (Wildman–Crippen MR) is 184 cm³/mol. The Kier molecular flexibility index (Phi) is 9.92. The Balaban J connectivity index is 1.08. The summed E-state index contributed by atoms with van der Waals surface area (Å²) in [4.78, 5) is 48.3. The van der Waals surface area contributed by atoms with Gasteiger partial charge in [-0.3, -0.25) is 14.5 Å². The summed E-state index contributed by atoms with van der Waals surface area (Å²) in [5.41, 5.74) is 5.64. The Morgan fingerprint density at radius 2 is 1.82 bits per heavy atom. The van der Waals surface area contributed by atoms with Gasteiger partial charge in [-0.1, -0.05) is 32.4 Å². The maximum absolute atomic E-state index is 14.1. The molecule has 1 aromatic heterocycles. The van der Waals surface area contributed by atoms with E-state index in [1.54, 1.807) is 12.1 Å². The highest BCUT2D eigenvalue weighted by atomic mass is 35.5. The van der Waals surface area contributed by atoms with E-state index >= 15 is 0 Å². The zero-order valence-corrected chi connectivity index (χ0v) is 29.8. The monoisotopic (exact) mass is 713 g/mol. The zero-order chi connectivity index (χ0) is 35.2. The lowest BCUT2D eigenvalue weighted by Gasteiger charge is -2.35. The second-order valence-corrected chi connectivity index (χ2v) is 15.8. The van der Waals surface area contributed by atoms with Crippen LogP contribution < -0.4 is 25.3 Å². The number of nitrogens with zero attached hydrogens (tertiary/aromatic N) is 3. The minimum atomic E-state index is -0.951. The second-order valence-electron chi connectivity index (χ2n) is 15.5. The Bertz CT molecular complexity index is 1600. The summed E-state index contributed by atoms with van der Waals surface area (Å²) in [6, 6.07) is 3.49. The molecule has 2 saturated heterocycles. The number of rotatable bonds is 12. The van der Waals surface area contributed by atoms with Crippen LogP contribution in [0, 0.1) is 17.3 Å². The maximum Gasteiger partial charge on any atom is 0.408 e. The zero-order valence-electron chi connectivity index (χ0n) is 29.0. The van der Waals surface area contributed by atoms with E-state index < -0.39 is 41.5 Å². The predicted octanol–water partition coefficient (Wildman–Crippen LogP) is 3.91. The van der Waals surface area contributed by atoms with Gasteiger partial charge in [-0.2, -0.15) is 0 Å². The quantitative estimate of drug-likeness (QED) is 0.331. The van der Waals surface area contributed by atoms with Gasteiger partial charge in [0.15, 0.2) is 0 Å². The summed E-state index contributed by atoms with van der Waals surface area (Å²) in [5.74, 6) is 1.30. The van der Waals surface area contributed by atoms with Gasteiger partial charge in [0.2, 0.25) is 17.7 Å². The third-order valence-electron chi connectivity index (χ3n) is 10.6. The molecule has 4 atom stereocenters. The van der Waals surface area contributed by atoms with Crippen molar-refractivity contribution < 1.29 is 38.1 Å². The van der Waals surface area contributed by atoms with Crippen LogP contribution in [0.15, 0.2) is 18.2 Å². The van der Waals surface area contributed by atoms with Crippen LogP contribution in [-0.4, -0.2) is 109 Å². The Labute approximate surface area is 297 Å². The minimum absolute atomic E-state index is 0.0752. The number of alkyl carbamates (subject to hydrolysis) is 1. The molecule has 14 heteroatoms. The van der Waals surface area contributed by atoms with Gasteiger partial charge < -0.3 is 39.6 Å². The summed E-state index contributed by atoms with van der Waals surface area (Å²) < 4.78 is 29.9. The van der Waals surface area contributed by atoms with Crippen molar-refractivity contribution in [3.63, 3.8) is 0 Å².